The summed E-state index contributed by atoms with van der Waals surface area (Å²) in [4.78, 5) is 4.34. The van der Waals surface area contributed by atoms with Crippen LogP contribution in [0.3, 0.4) is 0 Å². The molecule has 0 saturated carbocycles. The normalized spacial score (nSPS) is 15.2. The van der Waals surface area contributed by atoms with Crippen LogP contribution in [0.15, 0.2) is 60.8 Å². The van der Waals surface area contributed by atoms with Gasteiger partial charge in [-0.25, -0.2) is 8.42 Å². The Morgan fingerprint density at radius 3 is 2.48 bits per heavy atom. The molecule has 126 valence electrons. The van der Waals surface area contributed by atoms with E-state index in [2.05, 4.69) is 9.71 Å². The van der Waals surface area contributed by atoms with E-state index in [1.807, 2.05) is 48.5 Å². The number of nitrogens with one attached hydrogen (secondary N) is 1. The van der Waals surface area contributed by atoms with Gasteiger partial charge in [0.25, 0.3) is 0 Å². The molecule has 4 rings (SSSR count). The molecule has 0 spiro atoms. The maximum atomic E-state index is 12.0. The molecule has 4 nitrogen and oxygen atoms in total. The molecule has 1 aromatic heterocycles. The summed E-state index contributed by atoms with van der Waals surface area (Å²) in [5, 5.41) is 0.601. The van der Waals surface area contributed by atoms with Crippen LogP contribution in [-0.2, 0) is 16.4 Å². The van der Waals surface area contributed by atoms with Crippen molar-refractivity contribution in [1.82, 2.24) is 4.98 Å². The lowest BCUT2D eigenvalue weighted by Crippen LogP contribution is -2.24. The molecular weight excluding hydrogens is 356 g/mol. The number of nitrogens with zero attached hydrogens (tertiary/aromatic N) is 1. The predicted octanol–water partition coefficient (Wildman–Crippen LogP) is 4.37. The summed E-state index contributed by atoms with van der Waals surface area (Å²) in [5.41, 5.74) is 5.14. The fourth-order valence-electron chi connectivity index (χ4n) is 3.01. The smallest absolute Gasteiger partial charge is 0.233 e. The number of pyridine rings is 1. The first-order chi connectivity index (χ1) is 12.0. The Morgan fingerprint density at radius 1 is 1.00 bits per heavy atom. The topological polar surface area (TPSA) is 59.1 Å². The molecule has 1 N–H and O–H groups in total. The molecule has 0 radical (unpaired) electrons. The Labute approximate surface area is 151 Å². The van der Waals surface area contributed by atoms with Crippen molar-refractivity contribution in [2.45, 2.75) is 6.42 Å². The van der Waals surface area contributed by atoms with Crippen LogP contribution in [0, 0.1) is 0 Å². The van der Waals surface area contributed by atoms with Crippen molar-refractivity contribution in [2.24, 2.45) is 0 Å². The fourth-order valence-corrected chi connectivity index (χ4v) is 4.40. The zero-order valence-corrected chi connectivity index (χ0v) is 14.8. The van der Waals surface area contributed by atoms with Crippen molar-refractivity contribution < 1.29 is 8.42 Å². The third-order valence-electron chi connectivity index (χ3n) is 4.24. The first-order valence-electron chi connectivity index (χ1n) is 7.87. The molecular formula is C19H15ClN2O2S. The molecule has 0 amide bonds. The molecule has 2 heterocycles. The van der Waals surface area contributed by atoms with Gasteiger partial charge in [0.1, 0.15) is 0 Å². The highest BCUT2D eigenvalue weighted by molar-refractivity contribution is 7.92. The van der Waals surface area contributed by atoms with E-state index in [4.69, 9.17) is 11.6 Å². The first kappa shape index (κ1) is 16.1. The minimum absolute atomic E-state index is 0.0817. The summed E-state index contributed by atoms with van der Waals surface area (Å²) in [6.45, 7) is 0. The number of rotatable bonds is 2. The molecule has 6 heteroatoms. The molecule has 0 aliphatic carbocycles. The Morgan fingerprint density at radius 2 is 1.76 bits per heavy atom. The lowest BCUT2D eigenvalue weighted by Gasteiger charge is -2.22. The van der Waals surface area contributed by atoms with E-state index in [-0.39, 0.29) is 5.75 Å². The molecule has 0 unspecified atom stereocenters. The van der Waals surface area contributed by atoms with Crippen molar-refractivity contribution in [3.05, 3.63) is 71.4 Å². The summed E-state index contributed by atoms with van der Waals surface area (Å²) in [6.07, 6.45) is 2.22. The summed E-state index contributed by atoms with van der Waals surface area (Å²) in [6, 6.07) is 17.3. The van der Waals surface area contributed by atoms with Crippen LogP contribution >= 0.6 is 11.6 Å². The average molecular weight is 371 g/mol. The van der Waals surface area contributed by atoms with E-state index < -0.39 is 10.0 Å². The van der Waals surface area contributed by atoms with Crippen molar-refractivity contribution in [3.8, 4) is 22.4 Å². The highest BCUT2D eigenvalue weighted by Crippen LogP contribution is 2.37. The molecule has 3 aromatic rings. The van der Waals surface area contributed by atoms with Gasteiger partial charge in [-0.2, -0.15) is 0 Å². The monoisotopic (exact) mass is 370 g/mol. The van der Waals surface area contributed by atoms with Gasteiger partial charge in [0.05, 0.1) is 17.1 Å². The lowest BCUT2D eigenvalue weighted by molar-refractivity contribution is 0.599. The van der Waals surface area contributed by atoms with Crippen LogP contribution in [0.1, 0.15) is 5.56 Å². The largest absolute Gasteiger partial charge is 0.283 e. The number of hydrogen-bond donors (Lipinski definition) is 1. The van der Waals surface area contributed by atoms with Gasteiger partial charge in [-0.1, -0.05) is 41.9 Å². The van der Waals surface area contributed by atoms with Crippen LogP contribution in [-0.4, -0.2) is 19.2 Å². The average Bonchev–Trinajstić information content (AvgIpc) is 2.62. The van der Waals surface area contributed by atoms with Crippen LogP contribution in [0.2, 0.25) is 5.02 Å². The summed E-state index contributed by atoms with van der Waals surface area (Å²) in [7, 11) is -3.29. The molecule has 1 aliphatic rings. The predicted molar refractivity (Wildman–Crippen MR) is 101 cm³/mol. The number of halogens is 1. The first-order valence-corrected chi connectivity index (χ1v) is 9.90. The quantitative estimate of drug-likeness (QED) is 0.728. The standard InChI is InChI=1S/C19H15ClN2O2S/c20-16-11-15-8-10-25(23,24)22-19(15)17(12-16)13-4-6-14(7-5-13)18-3-1-2-9-21-18/h1-7,9,11-12,22H,8,10H2. The van der Waals surface area contributed by atoms with Crippen molar-refractivity contribution in [2.75, 3.05) is 10.5 Å². The van der Waals surface area contributed by atoms with Gasteiger partial charge in [-0.3, -0.25) is 9.71 Å². The van der Waals surface area contributed by atoms with E-state index in [9.17, 15) is 8.42 Å². The highest BCUT2D eigenvalue weighted by atomic mass is 35.5. The maximum Gasteiger partial charge on any atom is 0.233 e. The molecule has 2 aromatic carbocycles. The van der Waals surface area contributed by atoms with Crippen LogP contribution in [0.5, 0.6) is 0 Å². The summed E-state index contributed by atoms with van der Waals surface area (Å²) < 4.78 is 26.6. The second-order valence-corrected chi connectivity index (χ2v) is 8.23. The minimum Gasteiger partial charge on any atom is -0.283 e. The van der Waals surface area contributed by atoms with Crippen molar-refractivity contribution in [3.63, 3.8) is 0 Å². The number of aryl methyl sites for hydroxylation is 1. The van der Waals surface area contributed by atoms with E-state index >= 15 is 0 Å². The Hall–Kier alpha value is -2.37. The van der Waals surface area contributed by atoms with Gasteiger partial charge in [0, 0.05) is 22.3 Å². The van der Waals surface area contributed by atoms with E-state index in [0.717, 1.165) is 27.9 Å². The van der Waals surface area contributed by atoms with E-state index in [1.54, 1.807) is 12.3 Å². The van der Waals surface area contributed by atoms with Gasteiger partial charge in [0.2, 0.25) is 10.0 Å². The van der Waals surface area contributed by atoms with Gasteiger partial charge in [-0.05, 0) is 41.8 Å². The van der Waals surface area contributed by atoms with Crippen LogP contribution in [0.4, 0.5) is 5.69 Å². The lowest BCUT2D eigenvalue weighted by atomic mass is 9.97. The molecule has 0 bridgehead atoms. The van der Waals surface area contributed by atoms with Crippen molar-refractivity contribution in [1.29, 1.82) is 0 Å². The third kappa shape index (κ3) is 3.25. The number of anilines is 1. The molecule has 25 heavy (non-hydrogen) atoms. The number of sulfonamides is 1. The van der Waals surface area contributed by atoms with Crippen LogP contribution < -0.4 is 4.72 Å². The summed E-state index contributed by atoms with van der Waals surface area (Å²) in [5.74, 6) is 0.0817. The third-order valence-corrected chi connectivity index (χ3v) is 5.71. The molecule has 0 fully saturated rings. The Bertz CT molecular complexity index is 1030. The van der Waals surface area contributed by atoms with Crippen molar-refractivity contribution >= 4 is 27.3 Å². The second kappa shape index (κ2) is 6.17. The minimum atomic E-state index is -3.29. The van der Waals surface area contributed by atoms with Gasteiger partial charge in [0.15, 0.2) is 0 Å². The number of aromatic nitrogens is 1. The highest BCUT2D eigenvalue weighted by Gasteiger charge is 2.23. The second-order valence-electron chi connectivity index (χ2n) is 5.95. The number of hydrogen-bond acceptors (Lipinski definition) is 3. The number of fused-ring (bicyclic) bond motifs is 1. The molecule has 0 saturated heterocycles. The van der Waals surface area contributed by atoms with Gasteiger partial charge < -0.3 is 0 Å². The fraction of sp³-hybridized carbons (Fsp3) is 0.105. The number of benzene rings is 2. The molecule has 1 aliphatic heterocycles. The Kier molecular flexibility index (Phi) is 3.98. The van der Waals surface area contributed by atoms with E-state index in [0.29, 0.717) is 17.1 Å². The zero-order chi connectivity index (χ0) is 17.4. The summed E-state index contributed by atoms with van der Waals surface area (Å²) >= 11 is 6.24. The molecule has 0 atom stereocenters. The maximum absolute atomic E-state index is 12.0. The van der Waals surface area contributed by atoms with Gasteiger partial charge >= 0.3 is 0 Å². The zero-order valence-electron chi connectivity index (χ0n) is 13.2. The Balaban J connectivity index is 1.79. The van der Waals surface area contributed by atoms with Crippen LogP contribution in [0.25, 0.3) is 22.4 Å². The van der Waals surface area contributed by atoms with E-state index in [1.165, 1.54) is 0 Å². The van der Waals surface area contributed by atoms with Gasteiger partial charge in [-0.15, -0.1) is 0 Å². The SMILES string of the molecule is O=S1(=O)CCc2cc(Cl)cc(-c3ccc(-c4ccccn4)cc3)c2N1.